The largest absolute Gasteiger partial charge is 0.385 e. The molecule has 0 bridgehead atoms. The molecule has 2 N–H and O–H groups in total. The summed E-state index contributed by atoms with van der Waals surface area (Å²) in [6, 6.07) is 11.0. The third kappa shape index (κ3) is 4.27. The lowest BCUT2D eigenvalue weighted by Gasteiger charge is -2.10. The summed E-state index contributed by atoms with van der Waals surface area (Å²) in [5, 5.41) is 3.83. The van der Waals surface area contributed by atoms with Gasteiger partial charge < -0.3 is 5.32 Å². The second-order valence-electron chi connectivity index (χ2n) is 4.32. The second-order valence-corrected chi connectivity index (χ2v) is 6.87. The number of nitrogens with one attached hydrogen (secondary N) is 2. The van der Waals surface area contributed by atoms with Crippen LogP contribution in [0.4, 0.5) is 11.4 Å². The molecule has 0 amide bonds. The van der Waals surface area contributed by atoms with Crippen molar-refractivity contribution in [1.82, 2.24) is 0 Å². The minimum atomic E-state index is -3.67. The van der Waals surface area contributed by atoms with Gasteiger partial charge in [0.2, 0.25) is 0 Å². The lowest BCUT2D eigenvalue weighted by Crippen LogP contribution is -2.13. The Morgan fingerprint density at radius 3 is 2.05 bits per heavy atom. The van der Waals surface area contributed by atoms with Crippen LogP contribution >= 0.6 is 23.2 Å². The Morgan fingerprint density at radius 2 is 1.52 bits per heavy atom. The highest BCUT2D eigenvalue weighted by Gasteiger charge is 2.14. The molecule has 0 heterocycles. The van der Waals surface area contributed by atoms with Gasteiger partial charge in [0.1, 0.15) is 0 Å². The summed E-state index contributed by atoms with van der Waals surface area (Å²) in [4.78, 5) is 0.167. The maximum atomic E-state index is 12.3. The van der Waals surface area contributed by atoms with Gasteiger partial charge in [0.15, 0.2) is 0 Å². The van der Waals surface area contributed by atoms with Crippen molar-refractivity contribution < 1.29 is 8.42 Å². The fourth-order valence-electron chi connectivity index (χ4n) is 1.78. The molecule has 2 rings (SSSR count). The molecule has 0 aliphatic carbocycles. The molecule has 4 nitrogen and oxygen atoms in total. The van der Waals surface area contributed by atoms with E-state index in [-0.39, 0.29) is 4.90 Å². The van der Waals surface area contributed by atoms with Crippen LogP contribution in [0, 0.1) is 0 Å². The van der Waals surface area contributed by atoms with E-state index in [0.717, 1.165) is 12.2 Å². The van der Waals surface area contributed by atoms with Gasteiger partial charge in [-0.15, -0.1) is 0 Å². The van der Waals surface area contributed by atoms with E-state index < -0.39 is 10.0 Å². The van der Waals surface area contributed by atoms with Gasteiger partial charge in [0.25, 0.3) is 10.0 Å². The number of anilines is 2. The molecule has 0 aromatic heterocycles. The van der Waals surface area contributed by atoms with Gasteiger partial charge in [-0.1, -0.05) is 23.2 Å². The molecule has 2 aromatic carbocycles. The van der Waals surface area contributed by atoms with Gasteiger partial charge in [-0.3, -0.25) is 4.72 Å². The van der Waals surface area contributed by atoms with Crippen LogP contribution in [0.25, 0.3) is 0 Å². The third-order valence-electron chi connectivity index (χ3n) is 2.66. The molecule has 0 aliphatic rings. The van der Waals surface area contributed by atoms with Gasteiger partial charge in [-0.05, 0) is 49.4 Å². The zero-order valence-corrected chi connectivity index (χ0v) is 13.6. The monoisotopic (exact) mass is 344 g/mol. The molecule has 21 heavy (non-hydrogen) atoms. The van der Waals surface area contributed by atoms with E-state index in [1.165, 1.54) is 30.3 Å². The molecule has 0 saturated carbocycles. The van der Waals surface area contributed by atoms with E-state index in [2.05, 4.69) is 10.0 Å². The molecule has 7 heteroatoms. The van der Waals surface area contributed by atoms with Crippen LogP contribution in [0.5, 0.6) is 0 Å². The first kappa shape index (κ1) is 15.9. The van der Waals surface area contributed by atoms with Gasteiger partial charge in [-0.25, -0.2) is 8.42 Å². The first-order valence-electron chi connectivity index (χ1n) is 6.23. The van der Waals surface area contributed by atoms with Crippen LogP contribution in [0.1, 0.15) is 6.92 Å². The van der Waals surface area contributed by atoms with Crippen molar-refractivity contribution in [1.29, 1.82) is 0 Å². The molecule has 0 fully saturated rings. The van der Waals surface area contributed by atoms with Crippen molar-refractivity contribution in [3.05, 3.63) is 52.5 Å². The van der Waals surface area contributed by atoms with E-state index >= 15 is 0 Å². The highest BCUT2D eigenvalue weighted by atomic mass is 35.5. The third-order valence-corrected chi connectivity index (χ3v) is 4.49. The fourth-order valence-corrected chi connectivity index (χ4v) is 3.35. The molecular weight excluding hydrogens is 331 g/mol. The summed E-state index contributed by atoms with van der Waals surface area (Å²) in [5.74, 6) is 0. The van der Waals surface area contributed by atoms with Crippen LogP contribution in [-0.2, 0) is 10.0 Å². The van der Waals surface area contributed by atoms with E-state index in [4.69, 9.17) is 23.2 Å². The highest BCUT2D eigenvalue weighted by molar-refractivity contribution is 7.92. The van der Waals surface area contributed by atoms with Crippen molar-refractivity contribution in [2.75, 3.05) is 16.6 Å². The first-order valence-corrected chi connectivity index (χ1v) is 8.47. The summed E-state index contributed by atoms with van der Waals surface area (Å²) < 4.78 is 27.0. The molecule has 0 aliphatic heterocycles. The highest BCUT2D eigenvalue weighted by Crippen LogP contribution is 2.25. The van der Waals surface area contributed by atoms with Crippen molar-refractivity contribution in [3.63, 3.8) is 0 Å². The maximum absolute atomic E-state index is 12.3. The van der Waals surface area contributed by atoms with Crippen LogP contribution in [0.3, 0.4) is 0 Å². The standard InChI is InChI=1S/C14H14Cl2N2O2S/c1-2-17-12-3-5-14(6-4-12)21(19,20)18-13-8-10(15)7-11(16)9-13/h3-9,17-18H,2H2,1H3. The predicted molar refractivity (Wildman–Crippen MR) is 87.9 cm³/mol. The van der Waals surface area contributed by atoms with E-state index in [0.29, 0.717) is 15.7 Å². The number of benzene rings is 2. The fraction of sp³-hybridized carbons (Fsp3) is 0.143. The summed E-state index contributed by atoms with van der Waals surface area (Å²) >= 11 is 11.7. The Bertz CT molecular complexity index is 711. The predicted octanol–water partition coefficient (Wildman–Crippen LogP) is 4.23. The first-order chi connectivity index (χ1) is 9.90. The van der Waals surface area contributed by atoms with Crippen molar-refractivity contribution in [2.45, 2.75) is 11.8 Å². The smallest absolute Gasteiger partial charge is 0.261 e. The van der Waals surface area contributed by atoms with Crippen LogP contribution in [-0.4, -0.2) is 15.0 Å². The number of sulfonamides is 1. The minimum Gasteiger partial charge on any atom is -0.385 e. The molecule has 2 aromatic rings. The lowest BCUT2D eigenvalue weighted by atomic mass is 10.3. The van der Waals surface area contributed by atoms with Crippen molar-refractivity contribution in [2.24, 2.45) is 0 Å². The number of hydrogen-bond donors (Lipinski definition) is 2. The molecule has 0 saturated heterocycles. The Balaban J connectivity index is 2.25. The van der Waals surface area contributed by atoms with Crippen LogP contribution < -0.4 is 10.0 Å². The van der Waals surface area contributed by atoms with Crippen LogP contribution in [0.2, 0.25) is 10.0 Å². The Hall–Kier alpha value is -1.43. The number of hydrogen-bond acceptors (Lipinski definition) is 3. The maximum Gasteiger partial charge on any atom is 0.261 e. The summed E-state index contributed by atoms with van der Waals surface area (Å²) in [7, 11) is -3.67. The van der Waals surface area contributed by atoms with Gasteiger partial charge in [-0.2, -0.15) is 0 Å². The molecule has 0 radical (unpaired) electrons. The quantitative estimate of drug-likeness (QED) is 0.853. The van der Waals surface area contributed by atoms with Crippen LogP contribution in [0.15, 0.2) is 47.4 Å². The number of rotatable bonds is 5. The average Bonchev–Trinajstić information content (AvgIpc) is 2.38. The minimum absolute atomic E-state index is 0.167. The van der Waals surface area contributed by atoms with Gasteiger partial charge in [0.05, 0.1) is 10.6 Å². The lowest BCUT2D eigenvalue weighted by molar-refractivity contribution is 0.601. The van der Waals surface area contributed by atoms with E-state index in [1.54, 1.807) is 12.1 Å². The summed E-state index contributed by atoms with van der Waals surface area (Å²) in [5.41, 5.74) is 1.19. The van der Waals surface area contributed by atoms with E-state index in [1.807, 2.05) is 6.92 Å². The Morgan fingerprint density at radius 1 is 0.952 bits per heavy atom. The molecule has 0 unspecified atom stereocenters. The Labute approximate surface area is 134 Å². The zero-order chi connectivity index (χ0) is 15.5. The Kier molecular flexibility index (Phi) is 4.98. The second kappa shape index (κ2) is 6.56. The van der Waals surface area contributed by atoms with Crippen molar-refractivity contribution in [3.8, 4) is 0 Å². The van der Waals surface area contributed by atoms with E-state index in [9.17, 15) is 8.42 Å². The SMILES string of the molecule is CCNc1ccc(S(=O)(=O)Nc2cc(Cl)cc(Cl)c2)cc1. The van der Waals surface area contributed by atoms with Crippen molar-refractivity contribution >= 4 is 44.6 Å². The molecule has 0 spiro atoms. The average molecular weight is 345 g/mol. The normalized spacial score (nSPS) is 11.2. The topological polar surface area (TPSA) is 58.2 Å². The van der Waals surface area contributed by atoms with Gasteiger partial charge >= 0.3 is 0 Å². The summed E-state index contributed by atoms with van der Waals surface area (Å²) in [6.45, 7) is 2.74. The zero-order valence-electron chi connectivity index (χ0n) is 11.2. The summed E-state index contributed by atoms with van der Waals surface area (Å²) in [6.07, 6.45) is 0. The molecular formula is C14H14Cl2N2O2S. The molecule has 0 atom stereocenters. The number of halogens is 2. The van der Waals surface area contributed by atoms with Gasteiger partial charge in [0, 0.05) is 22.3 Å². The molecule has 112 valence electrons.